The van der Waals surface area contributed by atoms with Crippen molar-refractivity contribution in [2.24, 2.45) is 0 Å². The SMILES string of the molecule is Cc1ccccc1-c1nc2ccc(NC(=O)c3ccc(S(=O)(=O)N(C)C)cc3)cc2o1. The van der Waals surface area contributed by atoms with Crippen molar-refractivity contribution in [3.05, 3.63) is 77.9 Å². The average molecular weight is 436 g/mol. The number of carbonyl (C=O) groups excluding carboxylic acids is 1. The third kappa shape index (κ3) is 4.08. The Morgan fingerprint density at radius 3 is 2.39 bits per heavy atom. The van der Waals surface area contributed by atoms with Crippen LogP contribution in [0.4, 0.5) is 5.69 Å². The van der Waals surface area contributed by atoms with Gasteiger partial charge in [-0.1, -0.05) is 18.2 Å². The molecule has 8 heteroatoms. The van der Waals surface area contributed by atoms with Gasteiger partial charge in [0.15, 0.2) is 5.58 Å². The van der Waals surface area contributed by atoms with Gasteiger partial charge in [0.05, 0.1) is 4.90 Å². The van der Waals surface area contributed by atoms with Crippen molar-refractivity contribution >= 4 is 32.7 Å². The van der Waals surface area contributed by atoms with E-state index in [1.807, 2.05) is 31.2 Å². The average Bonchev–Trinajstić information content (AvgIpc) is 3.17. The zero-order chi connectivity index (χ0) is 22.2. The fourth-order valence-electron chi connectivity index (χ4n) is 3.12. The van der Waals surface area contributed by atoms with Gasteiger partial charge in [0.25, 0.3) is 5.91 Å². The molecule has 0 saturated heterocycles. The molecule has 0 fully saturated rings. The summed E-state index contributed by atoms with van der Waals surface area (Å²) in [6.45, 7) is 1.99. The molecule has 0 spiro atoms. The molecule has 0 atom stereocenters. The summed E-state index contributed by atoms with van der Waals surface area (Å²) >= 11 is 0. The molecule has 4 aromatic rings. The monoisotopic (exact) mass is 435 g/mol. The number of carbonyl (C=O) groups is 1. The van der Waals surface area contributed by atoms with Crippen molar-refractivity contribution in [3.63, 3.8) is 0 Å². The van der Waals surface area contributed by atoms with Crippen molar-refractivity contribution in [2.45, 2.75) is 11.8 Å². The van der Waals surface area contributed by atoms with Crippen molar-refractivity contribution in [1.82, 2.24) is 9.29 Å². The molecule has 1 aromatic heterocycles. The number of sulfonamides is 1. The second kappa shape index (κ2) is 7.98. The van der Waals surface area contributed by atoms with Crippen LogP contribution in [0.25, 0.3) is 22.6 Å². The highest BCUT2D eigenvalue weighted by Gasteiger charge is 2.18. The Balaban J connectivity index is 1.56. The summed E-state index contributed by atoms with van der Waals surface area (Å²) < 4.78 is 31.4. The molecule has 1 heterocycles. The molecule has 0 saturated carbocycles. The Hall–Kier alpha value is -3.49. The number of anilines is 1. The Morgan fingerprint density at radius 1 is 1.00 bits per heavy atom. The fourth-order valence-corrected chi connectivity index (χ4v) is 4.02. The van der Waals surface area contributed by atoms with Crippen LogP contribution < -0.4 is 5.32 Å². The molecular weight excluding hydrogens is 414 g/mol. The summed E-state index contributed by atoms with van der Waals surface area (Å²) in [7, 11) is -0.627. The molecular formula is C23H21N3O4S. The van der Waals surface area contributed by atoms with Crippen LogP contribution in [0.2, 0.25) is 0 Å². The van der Waals surface area contributed by atoms with Gasteiger partial charge in [-0.15, -0.1) is 0 Å². The lowest BCUT2D eigenvalue weighted by atomic mass is 10.1. The summed E-state index contributed by atoms with van der Waals surface area (Å²) in [4.78, 5) is 17.3. The van der Waals surface area contributed by atoms with E-state index in [-0.39, 0.29) is 10.8 Å². The van der Waals surface area contributed by atoms with Gasteiger partial charge in [0.1, 0.15) is 5.52 Å². The number of hydrogen-bond donors (Lipinski definition) is 1. The Bertz CT molecular complexity index is 1370. The van der Waals surface area contributed by atoms with Crippen LogP contribution in [0.5, 0.6) is 0 Å². The minimum Gasteiger partial charge on any atom is -0.436 e. The van der Waals surface area contributed by atoms with E-state index in [0.717, 1.165) is 15.4 Å². The van der Waals surface area contributed by atoms with Gasteiger partial charge in [-0.2, -0.15) is 0 Å². The van der Waals surface area contributed by atoms with Gasteiger partial charge >= 0.3 is 0 Å². The van der Waals surface area contributed by atoms with E-state index in [9.17, 15) is 13.2 Å². The van der Waals surface area contributed by atoms with Crippen LogP contribution >= 0.6 is 0 Å². The maximum absolute atomic E-state index is 12.6. The molecule has 0 aliphatic rings. The first-order valence-corrected chi connectivity index (χ1v) is 11.0. The van der Waals surface area contributed by atoms with E-state index < -0.39 is 10.0 Å². The smallest absolute Gasteiger partial charge is 0.255 e. The number of fused-ring (bicyclic) bond motifs is 1. The summed E-state index contributed by atoms with van der Waals surface area (Å²) in [5, 5.41) is 2.81. The molecule has 31 heavy (non-hydrogen) atoms. The van der Waals surface area contributed by atoms with Crippen molar-refractivity contribution in [1.29, 1.82) is 0 Å². The molecule has 0 bridgehead atoms. The first-order valence-electron chi connectivity index (χ1n) is 9.56. The number of aromatic nitrogens is 1. The number of hydrogen-bond acceptors (Lipinski definition) is 5. The molecule has 158 valence electrons. The number of aryl methyl sites for hydroxylation is 1. The van der Waals surface area contributed by atoms with Crippen LogP contribution in [0.3, 0.4) is 0 Å². The minimum atomic E-state index is -3.54. The molecule has 3 aromatic carbocycles. The Morgan fingerprint density at radius 2 is 1.71 bits per heavy atom. The Kier molecular flexibility index (Phi) is 5.34. The van der Waals surface area contributed by atoms with Crippen LogP contribution in [0.1, 0.15) is 15.9 Å². The van der Waals surface area contributed by atoms with E-state index in [2.05, 4.69) is 10.3 Å². The minimum absolute atomic E-state index is 0.126. The highest BCUT2D eigenvalue weighted by molar-refractivity contribution is 7.89. The van der Waals surface area contributed by atoms with Crippen LogP contribution in [0.15, 0.2) is 76.0 Å². The number of benzene rings is 3. The molecule has 0 aliphatic carbocycles. The predicted molar refractivity (Wildman–Crippen MR) is 119 cm³/mol. The second-order valence-corrected chi connectivity index (χ2v) is 9.43. The topological polar surface area (TPSA) is 92.5 Å². The van der Waals surface area contributed by atoms with Gasteiger partial charge in [-0.25, -0.2) is 17.7 Å². The van der Waals surface area contributed by atoms with Crippen LogP contribution in [-0.4, -0.2) is 37.7 Å². The summed E-state index contributed by atoms with van der Waals surface area (Å²) in [6, 6.07) is 18.9. The lowest BCUT2D eigenvalue weighted by molar-refractivity contribution is 0.102. The third-order valence-electron chi connectivity index (χ3n) is 4.92. The maximum atomic E-state index is 12.6. The predicted octanol–water partition coefficient (Wildman–Crippen LogP) is 4.31. The van der Waals surface area contributed by atoms with E-state index >= 15 is 0 Å². The normalized spacial score (nSPS) is 11.7. The Labute approximate surface area is 180 Å². The first kappa shape index (κ1) is 20.8. The summed E-state index contributed by atoms with van der Waals surface area (Å²) in [5.41, 5.74) is 4.11. The van der Waals surface area contributed by atoms with Gasteiger partial charge in [-0.05, 0) is 55.0 Å². The zero-order valence-corrected chi connectivity index (χ0v) is 18.1. The molecule has 4 rings (SSSR count). The van der Waals surface area contributed by atoms with E-state index in [1.54, 1.807) is 18.2 Å². The lowest BCUT2D eigenvalue weighted by Crippen LogP contribution is -2.22. The van der Waals surface area contributed by atoms with Crippen LogP contribution in [-0.2, 0) is 10.0 Å². The lowest BCUT2D eigenvalue weighted by Gasteiger charge is -2.11. The molecule has 0 aliphatic heterocycles. The summed E-state index contributed by atoms with van der Waals surface area (Å²) in [5.74, 6) is 0.168. The second-order valence-electron chi connectivity index (χ2n) is 7.28. The van der Waals surface area contributed by atoms with E-state index in [0.29, 0.717) is 28.2 Å². The van der Waals surface area contributed by atoms with Crippen molar-refractivity contribution in [2.75, 3.05) is 19.4 Å². The largest absolute Gasteiger partial charge is 0.436 e. The van der Waals surface area contributed by atoms with Gasteiger partial charge in [0, 0.05) is 37.0 Å². The highest BCUT2D eigenvalue weighted by atomic mass is 32.2. The standard InChI is InChI=1S/C23H21N3O4S/c1-15-6-4-5-7-19(15)23-25-20-13-10-17(14-21(20)30-23)24-22(27)16-8-11-18(12-9-16)31(28,29)26(2)3/h4-14H,1-3H3,(H,24,27). The zero-order valence-electron chi connectivity index (χ0n) is 17.3. The van der Waals surface area contributed by atoms with E-state index in [4.69, 9.17) is 4.42 Å². The van der Waals surface area contributed by atoms with Crippen molar-refractivity contribution in [3.8, 4) is 11.5 Å². The fraction of sp³-hybridized carbons (Fsp3) is 0.130. The quantitative estimate of drug-likeness (QED) is 0.504. The van der Waals surface area contributed by atoms with Gasteiger partial charge in [-0.3, -0.25) is 4.79 Å². The third-order valence-corrected chi connectivity index (χ3v) is 6.75. The number of oxazole rings is 1. The van der Waals surface area contributed by atoms with Crippen molar-refractivity contribution < 1.29 is 17.6 Å². The number of amides is 1. The molecule has 0 unspecified atom stereocenters. The number of rotatable bonds is 5. The number of nitrogens with one attached hydrogen (secondary N) is 1. The first-order chi connectivity index (χ1) is 14.8. The van der Waals surface area contributed by atoms with Gasteiger partial charge in [0.2, 0.25) is 15.9 Å². The van der Waals surface area contributed by atoms with Gasteiger partial charge < -0.3 is 9.73 Å². The number of nitrogens with zero attached hydrogens (tertiary/aromatic N) is 2. The highest BCUT2D eigenvalue weighted by Crippen LogP contribution is 2.28. The molecule has 7 nitrogen and oxygen atoms in total. The maximum Gasteiger partial charge on any atom is 0.255 e. The molecule has 0 radical (unpaired) electrons. The van der Waals surface area contributed by atoms with E-state index in [1.165, 1.54) is 38.4 Å². The molecule has 1 N–H and O–H groups in total. The van der Waals surface area contributed by atoms with Crippen LogP contribution in [0, 0.1) is 6.92 Å². The molecule has 1 amide bonds. The summed E-state index contributed by atoms with van der Waals surface area (Å²) in [6.07, 6.45) is 0.